The normalized spacial score (nSPS) is 12.7. The molecule has 10 heteroatoms. The summed E-state index contributed by atoms with van der Waals surface area (Å²) in [5.41, 5.74) is 1.43. The summed E-state index contributed by atoms with van der Waals surface area (Å²) >= 11 is 1.55. The van der Waals surface area contributed by atoms with Crippen LogP contribution in [-0.4, -0.2) is 51.0 Å². The first kappa shape index (κ1) is 24.9. The third-order valence-corrected chi connectivity index (χ3v) is 8.81. The van der Waals surface area contributed by atoms with Gasteiger partial charge in [0, 0.05) is 40.9 Å². The number of rotatable bonds is 8. The molecule has 0 saturated carbocycles. The summed E-state index contributed by atoms with van der Waals surface area (Å²) in [6.45, 7) is 3.89. The number of sulfonamides is 1. The van der Waals surface area contributed by atoms with E-state index in [1.54, 1.807) is 37.7 Å². The van der Waals surface area contributed by atoms with Crippen LogP contribution < -0.4 is 14.8 Å². The van der Waals surface area contributed by atoms with Gasteiger partial charge in [-0.25, -0.2) is 22.7 Å². The lowest BCUT2D eigenvalue weighted by atomic mass is 10.1. The number of hydrogen-bond donors (Lipinski definition) is 1. The van der Waals surface area contributed by atoms with Crippen molar-refractivity contribution in [3.63, 3.8) is 0 Å². The average Bonchev–Trinajstić information content (AvgIpc) is 3.33. The predicted molar refractivity (Wildman–Crippen MR) is 140 cm³/mol. The number of benzene rings is 2. The van der Waals surface area contributed by atoms with E-state index >= 15 is 0 Å². The molecule has 2 heterocycles. The van der Waals surface area contributed by atoms with Gasteiger partial charge < -0.3 is 14.8 Å². The number of nitrogens with zero attached hydrogens (tertiary/aromatic N) is 3. The minimum Gasteiger partial charge on any atom is -0.493 e. The monoisotopic (exact) mass is 512 g/mol. The molecule has 8 nitrogen and oxygen atoms in total. The Bertz CT molecular complexity index is 1480. The van der Waals surface area contributed by atoms with Gasteiger partial charge in [0.1, 0.15) is 11.6 Å². The van der Waals surface area contributed by atoms with Crippen molar-refractivity contribution in [1.29, 1.82) is 0 Å². The zero-order valence-electron chi connectivity index (χ0n) is 20.5. The van der Waals surface area contributed by atoms with Crippen molar-refractivity contribution >= 4 is 38.1 Å². The van der Waals surface area contributed by atoms with Crippen LogP contribution in [0.5, 0.6) is 11.5 Å². The lowest BCUT2D eigenvalue weighted by Gasteiger charge is -2.17. The van der Waals surface area contributed by atoms with E-state index in [-0.39, 0.29) is 10.9 Å². The van der Waals surface area contributed by atoms with Gasteiger partial charge in [0.2, 0.25) is 10.0 Å². The van der Waals surface area contributed by atoms with E-state index in [0.717, 1.165) is 20.7 Å². The third-order valence-electron chi connectivity index (χ3n) is 5.63. The number of aromatic nitrogens is 2. The lowest BCUT2D eigenvalue weighted by Crippen LogP contribution is -2.22. The number of nitrogens with one attached hydrogen (secondary N) is 1. The molecule has 0 radical (unpaired) electrons. The molecule has 0 bridgehead atoms. The molecule has 0 aliphatic rings. The van der Waals surface area contributed by atoms with Crippen LogP contribution in [0.1, 0.15) is 23.7 Å². The molecule has 0 fully saturated rings. The summed E-state index contributed by atoms with van der Waals surface area (Å²) in [4.78, 5) is 11.4. The van der Waals surface area contributed by atoms with Gasteiger partial charge in [-0.1, -0.05) is 18.2 Å². The smallest absolute Gasteiger partial charge is 0.243 e. The van der Waals surface area contributed by atoms with E-state index in [9.17, 15) is 8.42 Å². The molecule has 0 saturated heterocycles. The van der Waals surface area contributed by atoms with Gasteiger partial charge in [-0.05, 0) is 38.1 Å². The number of aryl methyl sites for hydroxylation is 1. The first-order valence-corrected chi connectivity index (χ1v) is 13.2. The Morgan fingerprint density at radius 3 is 2.37 bits per heavy atom. The fourth-order valence-electron chi connectivity index (χ4n) is 3.78. The first-order valence-electron chi connectivity index (χ1n) is 10.9. The van der Waals surface area contributed by atoms with E-state index in [0.29, 0.717) is 28.7 Å². The van der Waals surface area contributed by atoms with Crippen molar-refractivity contribution in [2.24, 2.45) is 0 Å². The highest BCUT2D eigenvalue weighted by atomic mass is 32.2. The molecule has 35 heavy (non-hydrogen) atoms. The Labute approximate surface area is 209 Å². The highest BCUT2D eigenvalue weighted by Crippen LogP contribution is 2.38. The van der Waals surface area contributed by atoms with E-state index in [1.807, 2.05) is 50.2 Å². The zero-order valence-corrected chi connectivity index (χ0v) is 22.1. The van der Waals surface area contributed by atoms with E-state index in [4.69, 9.17) is 9.47 Å². The van der Waals surface area contributed by atoms with Gasteiger partial charge in [0.05, 0.1) is 30.7 Å². The molecule has 0 unspecified atom stereocenters. The van der Waals surface area contributed by atoms with E-state index < -0.39 is 10.0 Å². The maximum absolute atomic E-state index is 12.8. The molecule has 0 spiro atoms. The van der Waals surface area contributed by atoms with Crippen molar-refractivity contribution in [2.45, 2.75) is 24.8 Å². The van der Waals surface area contributed by atoms with Gasteiger partial charge in [0.25, 0.3) is 0 Å². The molecule has 0 aliphatic heterocycles. The summed E-state index contributed by atoms with van der Waals surface area (Å²) in [6, 6.07) is 14.7. The molecular formula is C25H28N4O4S2. The molecule has 2 aromatic heterocycles. The Kier molecular flexibility index (Phi) is 6.98. The fraction of sp³-hybridized carbons (Fsp3) is 0.280. The van der Waals surface area contributed by atoms with Crippen LogP contribution in [0, 0.1) is 6.92 Å². The van der Waals surface area contributed by atoms with E-state index in [1.165, 1.54) is 18.4 Å². The second kappa shape index (κ2) is 9.80. The van der Waals surface area contributed by atoms with Crippen molar-refractivity contribution in [3.05, 3.63) is 59.2 Å². The molecule has 1 atom stereocenters. The molecule has 2 aromatic carbocycles. The number of methoxy groups -OCH3 is 2. The predicted octanol–water partition coefficient (Wildman–Crippen LogP) is 5.11. The van der Waals surface area contributed by atoms with Crippen LogP contribution in [-0.2, 0) is 10.0 Å². The highest BCUT2D eigenvalue weighted by Gasteiger charge is 2.23. The van der Waals surface area contributed by atoms with Gasteiger partial charge in [-0.15, -0.1) is 11.3 Å². The summed E-state index contributed by atoms with van der Waals surface area (Å²) in [7, 11) is 2.69. The molecule has 184 valence electrons. The Morgan fingerprint density at radius 1 is 1.00 bits per heavy atom. The summed E-state index contributed by atoms with van der Waals surface area (Å²) in [5.74, 6) is 2.52. The van der Waals surface area contributed by atoms with Crippen LogP contribution in [0.15, 0.2) is 53.4 Å². The Morgan fingerprint density at radius 2 is 1.69 bits per heavy atom. The SMILES string of the molecule is COc1cc2nc(C)nc(N[C@@H](C)c3ccc(-c4ccccc4S(=O)(=O)N(C)C)s3)c2cc1OC. The van der Waals surface area contributed by atoms with Crippen molar-refractivity contribution in [2.75, 3.05) is 33.6 Å². The largest absolute Gasteiger partial charge is 0.493 e. The average molecular weight is 513 g/mol. The Balaban J connectivity index is 1.69. The third kappa shape index (κ3) is 4.82. The van der Waals surface area contributed by atoms with Crippen LogP contribution in [0.25, 0.3) is 21.3 Å². The maximum atomic E-state index is 12.8. The molecular weight excluding hydrogens is 484 g/mol. The van der Waals surface area contributed by atoms with Crippen LogP contribution >= 0.6 is 11.3 Å². The van der Waals surface area contributed by atoms with Crippen molar-refractivity contribution in [3.8, 4) is 21.9 Å². The molecule has 0 amide bonds. The summed E-state index contributed by atoms with van der Waals surface area (Å²) in [5, 5.41) is 4.31. The summed E-state index contributed by atoms with van der Waals surface area (Å²) < 4.78 is 37.8. The van der Waals surface area contributed by atoms with Gasteiger partial charge >= 0.3 is 0 Å². The number of thiophene rings is 1. The highest BCUT2D eigenvalue weighted by molar-refractivity contribution is 7.89. The fourth-order valence-corrected chi connectivity index (χ4v) is 5.99. The first-order chi connectivity index (χ1) is 16.6. The van der Waals surface area contributed by atoms with Gasteiger partial charge in [-0.3, -0.25) is 0 Å². The molecule has 4 rings (SSSR count). The van der Waals surface area contributed by atoms with Gasteiger partial charge in [-0.2, -0.15) is 0 Å². The molecule has 0 aliphatic carbocycles. The minimum atomic E-state index is -3.57. The van der Waals surface area contributed by atoms with Crippen molar-refractivity contribution < 1.29 is 17.9 Å². The quantitative estimate of drug-likeness (QED) is 0.351. The second-order valence-electron chi connectivity index (χ2n) is 8.20. The number of hydrogen-bond acceptors (Lipinski definition) is 8. The second-order valence-corrected chi connectivity index (χ2v) is 11.4. The van der Waals surface area contributed by atoms with Gasteiger partial charge in [0.15, 0.2) is 11.5 Å². The Hall–Kier alpha value is -3.21. The molecule has 1 N–H and O–H groups in total. The zero-order chi connectivity index (χ0) is 25.3. The van der Waals surface area contributed by atoms with E-state index in [2.05, 4.69) is 15.3 Å². The number of fused-ring (bicyclic) bond motifs is 1. The van der Waals surface area contributed by atoms with Crippen LogP contribution in [0.3, 0.4) is 0 Å². The lowest BCUT2D eigenvalue weighted by molar-refractivity contribution is 0.356. The minimum absolute atomic E-state index is 0.0861. The van der Waals surface area contributed by atoms with Crippen LogP contribution in [0.4, 0.5) is 5.82 Å². The topological polar surface area (TPSA) is 93.7 Å². The van der Waals surface area contributed by atoms with Crippen molar-refractivity contribution in [1.82, 2.24) is 14.3 Å². The van der Waals surface area contributed by atoms with Crippen LogP contribution in [0.2, 0.25) is 0 Å². The number of ether oxygens (including phenoxy) is 2. The maximum Gasteiger partial charge on any atom is 0.243 e. The standard InChI is InChI=1S/C25H28N4O4S2/c1-15(26-25-18-13-20(32-5)21(33-6)14-19(18)27-16(2)28-25)22-11-12-23(34-22)17-9-7-8-10-24(17)35(30,31)29(3)4/h7-15H,1-6H3,(H,26,27,28)/t15-/m0/s1. The number of anilines is 1. The molecule has 4 aromatic rings. The summed E-state index contributed by atoms with van der Waals surface area (Å²) in [6.07, 6.45) is 0.